The number of aliphatic imine (C=N–C) groups is 1. The highest BCUT2D eigenvalue weighted by atomic mass is 127. The minimum Gasteiger partial charge on any atom is -0.489 e. The molecule has 30 heavy (non-hydrogen) atoms. The normalized spacial score (nSPS) is 15.7. The Bertz CT molecular complexity index is 666. The summed E-state index contributed by atoms with van der Waals surface area (Å²) in [6.45, 7) is 9.83. The number of para-hydroxylation sites is 1. The Balaban J connectivity index is 0.00000450. The summed E-state index contributed by atoms with van der Waals surface area (Å²) in [6, 6.07) is 7.96. The molecule has 8 nitrogen and oxygen atoms in total. The van der Waals surface area contributed by atoms with E-state index in [0.717, 1.165) is 50.7 Å². The zero-order chi connectivity index (χ0) is 21.1. The summed E-state index contributed by atoms with van der Waals surface area (Å²) in [5.74, 6) is 1.46. The van der Waals surface area contributed by atoms with Crippen molar-refractivity contribution in [2.45, 2.75) is 20.0 Å². The number of aryl methyl sites for hydroxylation is 1. The van der Waals surface area contributed by atoms with Crippen molar-refractivity contribution >= 4 is 35.8 Å². The molecule has 1 atom stereocenters. The van der Waals surface area contributed by atoms with Gasteiger partial charge < -0.3 is 25.0 Å². The van der Waals surface area contributed by atoms with Gasteiger partial charge in [-0.2, -0.15) is 0 Å². The van der Waals surface area contributed by atoms with E-state index in [-0.39, 0.29) is 42.5 Å². The molecule has 170 valence electrons. The fourth-order valence-electron chi connectivity index (χ4n) is 2.81. The van der Waals surface area contributed by atoms with Crippen molar-refractivity contribution in [1.82, 2.24) is 20.4 Å². The van der Waals surface area contributed by atoms with Gasteiger partial charge in [-0.25, -0.2) is 4.99 Å². The lowest BCUT2D eigenvalue weighted by Crippen LogP contribution is -2.46. The van der Waals surface area contributed by atoms with E-state index < -0.39 is 0 Å². The Morgan fingerprint density at radius 2 is 1.97 bits per heavy atom. The summed E-state index contributed by atoms with van der Waals surface area (Å²) < 4.78 is 11.4. The van der Waals surface area contributed by atoms with Crippen LogP contribution >= 0.6 is 24.0 Å². The molecule has 2 rings (SSSR count). The van der Waals surface area contributed by atoms with Crippen molar-refractivity contribution in [1.29, 1.82) is 0 Å². The van der Waals surface area contributed by atoms with Gasteiger partial charge >= 0.3 is 0 Å². The molecule has 1 saturated heterocycles. The van der Waals surface area contributed by atoms with Crippen molar-refractivity contribution in [3.8, 4) is 5.75 Å². The summed E-state index contributed by atoms with van der Waals surface area (Å²) in [6.07, 6.45) is -0.0492. The second-order valence-corrected chi connectivity index (χ2v) is 7.41. The number of nitrogens with zero attached hydrogens (tertiary/aromatic N) is 3. The third-order valence-electron chi connectivity index (χ3n) is 4.67. The number of amides is 1. The van der Waals surface area contributed by atoms with Crippen LogP contribution in [-0.4, -0.2) is 94.3 Å². The highest BCUT2D eigenvalue weighted by Gasteiger charge is 2.11. The molecule has 2 N–H and O–H groups in total. The van der Waals surface area contributed by atoms with Crippen LogP contribution in [0.5, 0.6) is 5.75 Å². The van der Waals surface area contributed by atoms with Gasteiger partial charge in [-0.15, -0.1) is 24.0 Å². The number of halogens is 1. The van der Waals surface area contributed by atoms with Crippen molar-refractivity contribution in [3.05, 3.63) is 29.8 Å². The van der Waals surface area contributed by atoms with Gasteiger partial charge in [-0.05, 0) is 25.5 Å². The van der Waals surface area contributed by atoms with Gasteiger partial charge in [0.2, 0.25) is 5.91 Å². The SMILES string of the molecule is Cc1ccccc1OC(C)CNC(=NCC(=O)N(C)C)NCCN1CCOCC1.I. The fourth-order valence-corrected chi connectivity index (χ4v) is 2.81. The summed E-state index contributed by atoms with van der Waals surface area (Å²) >= 11 is 0. The predicted octanol–water partition coefficient (Wildman–Crippen LogP) is 1.34. The fraction of sp³-hybridized carbons (Fsp3) is 0.619. The number of likely N-dealkylation sites (N-methyl/N-ethyl adjacent to an activating group) is 1. The largest absolute Gasteiger partial charge is 0.489 e. The van der Waals surface area contributed by atoms with Crippen LogP contribution in [0, 0.1) is 6.92 Å². The van der Waals surface area contributed by atoms with Crippen molar-refractivity contribution in [2.24, 2.45) is 4.99 Å². The number of morpholine rings is 1. The zero-order valence-electron chi connectivity index (χ0n) is 18.5. The van der Waals surface area contributed by atoms with E-state index in [1.807, 2.05) is 38.1 Å². The molecule has 0 aliphatic carbocycles. The average molecular weight is 533 g/mol. The maximum atomic E-state index is 11.9. The van der Waals surface area contributed by atoms with Crippen LogP contribution in [0.25, 0.3) is 0 Å². The quantitative estimate of drug-likeness (QED) is 0.284. The van der Waals surface area contributed by atoms with E-state index in [9.17, 15) is 4.79 Å². The minimum atomic E-state index is -0.0492. The molecular formula is C21H36IN5O3. The third kappa shape index (κ3) is 9.94. The van der Waals surface area contributed by atoms with Gasteiger partial charge in [0.05, 0.1) is 19.8 Å². The first-order valence-corrected chi connectivity index (χ1v) is 10.2. The molecule has 1 aliphatic rings. The van der Waals surface area contributed by atoms with Gasteiger partial charge in [0, 0.05) is 40.3 Å². The van der Waals surface area contributed by atoms with Crippen LogP contribution in [-0.2, 0) is 9.53 Å². The molecule has 1 fully saturated rings. The van der Waals surface area contributed by atoms with Crippen LogP contribution in [0.3, 0.4) is 0 Å². The first-order valence-electron chi connectivity index (χ1n) is 10.2. The molecule has 1 unspecified atom stereocenters. The van der Waals surface area contributed by atoms with Crippen LogP contribution in [0.1, 0.15) is 12.5 Å². The van der Waals surface area contributed by atoms with E-state index >= 15 is 0 Å². The molecule has 1 amide bonds. The minimum absolute atomic E-state index is 0. The third-order valence-corrected chi connectivity index (χ3v) is 4.67. The maximum absolute atomic E-state index is 11.9. The van der Waals surface area contributed by atoms with E-state index in [4.69, 9.17) is 9.47 Å². The lowest BCUT2D eigenvalue weighted by Gasteiger charge is -2.27. The van der Waals surface area contributed by atoms with E-state index in [2.05, 4.69) is 20.5 Å². The van der Waals surface area contributed by atoms with Gasteiger partial charge in [0.1, 0.15) is 18.4 Å². The van der Waals surface area contributed by atoms with Gasteiger partial charge in [-0.1, -0.05) is 18.2 Å². The average Bonchev–Trinajstić information content (AvgIpc) is 2.71. The Kier molecular flexibility index (Phi) is 12.7. The summed E-state index contributed by atoms with van der Waals surface area (Å²) in [5, 5.41) is 6.61. The second-order valence-electron chi connectivity index (χ2n) is 7.41. The van der Waals surface area contributed by atoms with Crippen LogP contribution in [0.15, 0.2) is 29.3 Å². The van der Waals surface area contributed by atoms with Crippen LogP contribution in [0.2, 0.25) is 0 Å². The molecule has 0 aromatic heterocycles. The summed E-state index contributed by atoms with van der Waals surface area (Å²) in [5.41, 5.74) is 1.11. The molecule has 0 spiro atoms. The molecule has 1 aliphatic heterocycles. The molecule has 1 aromatic rings. The standard InChI is InChI=1S/C21H35N5O3.HI/c1-17-7-5-6-8-19(17)29-18(2)15-23-21(24-16-20(27)25(3)4)22-9-10-26-11-13-28-14-12-26;/h5-8,18H,9-16H2,1-4H3,(H2,22,23,24);1H. The first-order chi connectivity index (χ1) is 14.0. The summed E-state index contributed by atoms with van der Waals surface area (Å²) in [7, 11) is 3.46. The van der Waals surface area contributed by atoms with Gasteiger partial charge in [-0.3, -0.25) is 9.69 Å². The van der Waals surface area contributed by atoms with Crippen molar-refractivity contribution in [3.63, 3.8) is 0 Å². The smallest absolute Gasteiger partial charge is 0.243 e. The molecular weight excluding hydrogens is 497 g/mol. The van der Waals surface area contributed by atoms with Crippen LogP contribution < -0.4 is 15.4 Å². The van der Waals surface area contributed by atoms with E-state index in [0.29, 0.717) is 12.5 Å². The number of nitrogens with one attached hydrogen (secondary N) is 2. The Morgan fingerprint density at radius 1 is 1.27 bits per heavy atom. The zero-order valence-corrected chi connectivity index (χ0v) is 20.8. The van der Waals surface area contributed by atoms with Gasteiger partial charge in [0.15, 0.2) is 5.96 Å². The highest BCUT2D eigenvalue weighted by Crippen LogP contribution is 2.17. The Labute approximate surface area is 197 Å². The molecule has 9 heteroatoms. The highest BCUT2D eigenvalue weighted by molar-refractivity contribution is 14.0. The number of benzene rings is 1. The molecule has 0 radical (unpaired) electrons. The number of ether oxygens (including phenoxy) is 2. The number of carbonyl (C=O) groups excluding carboxylic acids is 1. The second kappa shape index (κ2) is 14.4. The number of hydrogen-bond acceptors (Lipinski definition) is 5. The van der Waals surface area contributed by atoms with E-state index in [1.165, 1.54) is 0 Å². The Hall–Kier alpha value is -1.59. The number of hydrogen-bond donors (Lipinski definition) is 2. The molecule has 1 heterocycles. The van der Waals surface area contributed by atoms with Crippen LogP contribution in [0.4, 0.5) is 0 Å². The molecule has 1 aromatic carbocycles. The van der Waals surface area contributed by atoms with Crippen molar-refractivity contribution in [2.75, 3.05) is 66.6 Å². The molecule has 0 saturated carbocycles. The first kappa shape index (κ1) is 26.4. The molecule has 0 bridgehead atoms. The lowest BCUT2D eigenvalue weighted by atomic mass is 10.2. The maximum Gasteiger partial charge on any atom is 0.243 e. The monoisotopic (exact) mass is 533 g/mol. The van der Waals surface area contributed by atoms with Gasteiger partial charge in [0.25, 0.3) is 0 Å². The number of carbonyl (C=O) groups is 1. The lowest BCUT2D eigenvalue weighted by molar-refractivity contribution is -0.127. The van der Waals surface area contributed by atoms with E-state index in [1.54, 1.807) is 19.0 Å². The summed E-state index contributed by atoms with van der Waals surface area (Å²) in [4.78, 5) is 20.2. The topological polar surface area (TPSA) is 78.4 Å². The predicted molar refractivity (Wildman–Crippen MR) is 131 cm³/mol. The Morgan fingerprint density at radius 3 is 2.63 bits per heavy atom. The van der Waals surface area contributed by atoms with Crippen molar-refractivity contribution < 1.29 is 14.3 Å². The number of rotatable bonds is 9. The number of guanidine groups is 1.